The van der Waals surface area contributed by atoms with Crippen LogP contribution in [0.1, 0.15) is 40.5 Å². The zero-order valence-electron chi connectivity index (χ0n) is 15.3. The standard InChI is InChI=1S/C19H26N2O5/c1-3-4-15-11-26-12-16-10-20(5-6-21(15)16)18(23)13-7-14(19(24)25-2)9-17(22)8-13/h7-9,15-16,22H,3-6,10-12H2,1-2H3/t15-,16+/m0/s1. The van der Waals surface area contributed by atoms with E-state index >= 15 is 0 Å². The zero-order valence-corrected chi connectivity index (χ0v) is 15.3. The first-order valence-corrected chi connectivity index (χ1v) is 9.08. The summed E-state index contributed by atoms with van der Waals surface area (Å²) in [5.41, 5.74) is 0.458. The lowest BCUT2D eigenvalue weighted by atomic mass is 10.0. The molecule has 7 nitrogen and oxygen atoms in total. The number of piperazine rings is 1. The quantitative estimate of drug-likeness (QED) is 0.818. The monoisotopic (exact) mass is 362 g/mol. The van der Waals surface area contributed by atoms with Crippen LogP contribution in [0, 0.1) is 0 Å². The number of morpholine rings is 1. The maximum absolute atomic E-state index is 12.9. The second-order valence-electron chi connectivity index (χ2n) is 6.88. The molecular weight excluding hydrogens is 336 g/mol. The molecule has 3 rings (SSSR count). The lowest BCUT2D eigenvalue weighted by molar-refractivity contribution is -0.0776. The highest BCUT2D eigenvalue weighted by Crippen LogP contribution is 2.24. The molecule has 2 heterocycles. The summed E-state index contributed by atoms with van der Waals surface area (Å²) >= 11 is 0. The molecular formula is C19H26N2O5. The summed E-state index contributed by atoms with van der Waals surface area (Å²) in [7, 11) is 1.27. The van der Waals surface area contributed by atoms with Crippen molar-refractivity contribution in [3.63, 3.8) is 0 Å². The van der Waals surface area contributed by atoms with Gasteiger partial charge in [-0.25, -0.2) is 4.79 Å². The molecule has 2 fully saturated rings. The molecule has 1 aromatic rings. The lowest BCUT2D eigenvalue weighted by Crippen LogP contribution is -2.62. The van der Waals surface area contributed by atoms with Crippen LogP contribution in [0.5, 0.6) is 5.75 Å². The lowest BCUT2D eigenvalue weighted by Gasteiger charge is -2.48. The topological polar surface area (TPSA) is 79.3 Å². The minimum atomic E-state index is -0.581. The Morgan fingerprint density at radius 3 is 2.73 bits per heavy atom. The average molecular weight is 362 g/mol. The highest BCUT2D eigenvalue weighted by molar-refractivity contribution is 5.98. The van der Waals surface area contributed by atoms with Crippen LogP contribution in [-0.2, 0) is 9.47 Å². The summed E-state index contributed by atoms with van der Waals surface area (Å²) in [5, 5.41) is 9.86. The number of phenolic OH excluding ortho intramolecular Hbond substituents is 1. The van der Waals surface area contributed by atoms with Gasteiger partial charge in [0, 0.05) is 31.2 Å². The van der Waals surface area contributed by atoms with Gasteiger partial charge < -0.3 is 19.5 Å². The third-order valence-electron chi connectivity index (χ3n) is 5.11. The number of rotatable bonds is 4. The number of ether oxygens (including phenoxy) is 2. The van der Waals surface area contributed by atoms with Crippen LogP contribution in [0.15, 0.2) is 18.2 Å². The predicted octanol–water partition coefficient (Wildman–Crippen LogP) is 1.50. The van der Waals surface area contributed by atoms with Gasteiger partial charge in [0.2, 0.25) is 0 Å². The number of methoxy groups -OCH3 is 1. The van der Waals surface area contributed by atoms with E-state index in [9.17, 15) is 14.7 Å². The molecule has 0 radical (unpaired) electrons. The van der Waals surface area contributed by atoms with E-state index in [4.69, 9.17) is 4.74 Å². The summed E-state index contributed by atoms with van der Waals surface area (Å²) < 4.78 is 10.4. The van der Waals surface area contributed by atoms with Crippen LogP contribution in [-0.4, -0.2) is 78.8 Å². The van der Waals surface area contributed by atoms with Gasteiger partial charge in [-0.2, -0.15) is 0 Å². The maximum Gasteiger partial charge on any atom is 0.338 e. The first kappa shape index (κ1) is 18.7. The van der Waals surface area contributed by atoms with Gasteiger partial charge in [0.1, 0.15) is 5.75 Å². The van der Waals surface area contributed by atoms with Crippen molar-refractivity contribution in [1.29, 1.82) is 0 Å². The van der Waals surface area contributed by atoms with Crippen LogP contribution in [0.2, 0.25) is 0 Å². The number of hydrogen-bond acceptors (Lipinski definition) is 6. The minimum Gasteiger partial charge on any atom is -0.508 e. The van der Waals surface area contributed by atoms with Gasteiger partial charge in [0.05, 0.1) is 31.9 Å². The maximum atomic E-state index is 12.9. The van der Waals surface area contributed by atoms with Crippen LogP contribution >= 0.6 is 0 Å². The van der Waals surface area contributed by atoms with Crippen molar-refractivity contribution < 1.29 is 24.2 Å². The number of aromatic hydroxyl groups is 1. The first-order valence-electron chi connectivity index (χ1n) is 9.08. The normalized spacial score (nSPS) is 23.4. The van der Waals surface area contributed by atoms with Crippen molar-refractivity contribution in [3.05, 3.63) is 29.3 Å². The van der Waals surface area contributed by atoms with Gasteiger partial charge >= 0.3 is 5.97 Å². The van der Waals surface area contributed by atoms with Crippen LogP contribution in [0.3, 0.4) is 0 Å². The Bertz CT molecular complexity index is 676. The Labute approximate surface area is 153 Å². The van der Waals surface area contributed by atoms with E-state index in [1.165, 1.54) is 25.3 Å². The van der Waals surface area contributed by atoms with E-state index in [1.807, 2.05) is 0 Å². The van der Waals surface area contributed by atoms with E-state index in [0.717, 1.165) is 26.0 Å². The molecule has 1 N–H and O–H groups in total. The van der Waals surface area contributed by atoms with Gasteiger partial charge in [0.15, 0.2) is 0 Å². The van der Waals surface area contributed by atoms with Gasteiger partial charge in [-0.3, -0.25) is 9.69 Å². The summed E-state index contributed by atoms with van der Waals surface area (Å²) in [6, 6.07) is 4.76. The fourth-order valence-electron chi connectivity index (χ4n) is 3.85. The molecule has 1 amide bonds. The number of fused-ring (bicyclic) bond motifs is 1. The van der Waals surface area contributed by atoms with Crippen molar-refractivity contribution >= 4 is 11.9 Å². The van der Waals surface area contributed by atoms with Crippen molar-refractivity contribution in [2.24, 2.45) is 0 Å². The molecule has 0 spiro atoms. The van der Waals surface area contributed by atoms with Crippen molar-refractivity contribution in [1.82, 2.24) is 9.80 Å². The summed E-state index contributed by atoms with van der Waals surface area (Å²) in [6.07, 6.45) is 2.21. The number of amides is 1. The van der Waals surface area contributed by atoms with Gasteiger partial charge in [-0.05, 0) is 24.6 Å². The molecule has 142 valence electrons. The molecule has 2 aliphatic heterocycles. The molecule has 0 unspecified atom stereocenters. The van der Waals surface area contributed by atoms with Crippen LogP contribution in [0.25, 0.3) is 0 Å². The molecule has 0 aromatic heterocycles. The molecule has 0 aliphatic carbocycles. The number of benzene rings is 1. The van der Waals surface area contributed by atoms with E-state index in [-0.39, 0.29) is 23.3 Å². The van der Waals surface area contributed by atoms with E-state index in [2.05, 4.69) is 16.6 Å². The van der Waals surface area contributed by atoms with E-state index < -0.39 is 5.97 Å². The Hall–Kier alpha value is -2.12. The SMILES string of the molecule is CCC[C@H]1COC[C@H]2CN(C(=O)c3cc(O)cc(C(=O)OC)c3)CCN12. The van der Waals surface area contributed by atoms with Crippen molar-refractivity contribution in [2.45, 2.75) is 31.8 Å². The Balaban J connectivity index is 1.73. The molecule has 0 saturated carbocycles. The number of carbonyl (C=O) groups excluding carboxylic acids is 2. The van der Waals surface area contributed by atoms with Gasteiger partial charge in [0.25, 0.3) is 5.91 Å². The fourth-order valence-corrected chi connectivity index (χ4v) is 3.85. The zero-order chi connectivity index (χ0) is 18.7. The fraction of sp³-hybridized carbons (Fsp3) is 0.579. The number of nitrogens with zero attached hydrogens (tertiary/aromatic N) is 2. The van der Waals surface area contributed by atoms with E-state index in [1.54, 1.807) is 4.90 Å². The molecule has 1 aromatic carbocycles. The van der Waals surface area contributed by atoms with Crippen molar-refractivity contribution in [2.75, 3.05) is 40.0 Å². The second-order valence-corrected chi connectivity index (χ2v) is 6.88. The first-order chi connectivity index (χ1) is 12.5. The van der Waals surface area contributed by atoms with Crippen molar-refractivity contribution in [3.8, 4) is 5.75 Å². The number of hydrogen-bond donors (Lipinski definition) is 1. The average Bonchev–Trinajstić information content (AvgIpc) is 2.66. The van der Waals surface area contributed by atoms with Crippen LogP contribution < -0.4 is 0 Å². The second kappa shape index (κ2) is 8.05. The molecule has 2 atom stereocenters. The summed E-state index contributed by atoms with van der Waals surface area (Å²) in [5.74, 6) is -0.898. The largest absolute Gasteiger partial charge is 0.508 e. The minimum absolute atomic E-state index is 0.126. The van der Waals surface area contributed by atoms with Gasteiger partial charge in [-0.1, -0.05) is 13.3 Å². The molecule has 26 heavy (non-hydrogen) atoms. The van der Waals surface area contributed by atoms with Gasteiger partial charge in [-0.15, -0.1) is 0 Å². The predicted molar refractivity (Wildman–Crippen MR) is 95.4 cm³/mol. The smallest absolute Gasteiger partial charge is 0.338 e. The Morgan fingerprint density at radius 1 is 1.23 bits per heavy atom. The molecule has 0 bridgehead atoms. The van der Waals surface area contributed by atoms with Crippen LogP contribution in [0.4, 0.5) is 0 Å². The molecule has 7 heteroatoms. The number of carbonyl (C=O) groups is 2. The summed E-state index contributed by atoms with van der Waals surface area (Å²) in [4.78, 5) is 28.9. The number of phenols is 1. The third-order valence-corrected chi connectivity index (χ3v) is 5.11. The highest BCUT2D eigenvalue weighted by Gasteiger charge is 2.36. The highest BCUT2D eigenvalue weighted by atomic mass is 16.5. The number of esters is 1. The summed E-state index contributed by atoms with van der Waals surface area (Å²) in [6.45, 7) is 5.57. The third kappa shape index (κ3) is 3.83. The molecule has 2 saturated heterocycles. The molecule has 2 aliphatic rings. The Kier molecular flexibility index (Phi) is 5.78. The Morgan fingerprint density at radius 2 is 2.00 bits per heavy atom. The van der Waals surface area contributed by atoms with E-state index in [0.29, 0.717) is 31.3 Å².